The third-order valence-electron chi connectivity index (χ3n) is 3.85. The molecule has 5 nitrogen and oxygen atoms in total. The predicted molar refractivity (Wildman–Crippen MR) is 80.8 cm³/mol. The quantitative estimate of drug-likeness (QED) is 0.686. The van der Waals surface area contributed by atoms with Gasteiger partial charge in [0, 0.05) is 17.8 Å². The molecule has 0 spiro atoms. The number of rotatable bonds is 4. The number of nitrogens with one attached hydrogen (secondary N) is 1. The van der Waals surface area contributed by atoms with Crippen LogP contribution in [0.4, 0.5) is 11.4 Å². The minimum atomic E-state index is -0.389. The summed E-state index contributed by atoms with van der Waals surface area (Å²) in [5.74, 6) is 0.853. The van der Waals surface area contributed by atoms with Crippen LogP contribution in [0.1, 0.15) is 23.6 Å². The molecule has 0 aliphatic heterocycles. The van der Waals surface area contributed by atoms with E-state index in [1.54, 1.807) is 19.2 Å². The molecular formula is C16H16N2O3. The molecule has 108 valence electrons. The lowest BCUT2D eigenvalue weighted by molar-refractivity contribution is -0.384. The summed E-state index contributed by atoms with van der Waals surface area (Å²) >= 11 is 0. The van der Waals surface area contributed by atoms with Gasteiger partial charge in [-0.2, -0.15) is 0 Å². The van der Waals surface area contributed by atoms with Crippen molar-refractivity contribution in [3.05, 3.63) is 63.7 Å². The van der Waals surface area contributed by atoms with Gasteiger partial charge in [-0.15, -0.1) is 0 Å². The summed E-state index contributed by atoms with van der Waals surface area (Å²) in [6.07, 6.45) is 2.05. The smallest absolute Gasteiger partial charge is 0.269 e. The fourth-order valence-electron chi connectivity index (χ4n) is 2.74. The Hall–Kier alpha value is -2.56. The SMILES string of the molecule is COc1ccc2c(c1)C(Nc1ccc([N+](=O)[O-])cc1)CC2. The van der Waals surface area contributed by atoms with Crippen molar-refractivity contribution in [1.82, 2.24) is 0 Å². The van der Waals surface area contributed by atoms with Crippen molar-refractivity contribution in [3.63, 3.8) is 0 Å². The zero-order valence-corrected chi connectivity index (χ0v) is 11.7. The number of aryl methyl sites for hydroxylation is 1. The lowest BCUT2D eigenvalue weighted by Gasteiger charge is -2.16. The minimum absolute atomic E-state index is 0.106. The first-order chi connectivity index (χ1) is 10.2. The monoisotopic (exact) mass is 284 g/mol. The number of hydrogen-bond acceptors (Lipinski definition) is 4. The van der Waals surface area contributed by atoms with Gasteiger partial charge in [0.15, 0.2) is 0 Å². The molecule has 0 aromatic heterocycles. The van der Waals surface area contributed by atoms with Gasteiger partial charge in [-0.05, 0) is 48.2 Å². The predicted octanol–water partition coefficient (Wildman–Crippen LogP) is 3.70. The molecule has 0 heterocycles. The van der Waals surface area contributed by atoms with Gasteiger partial charge in [0.2, 0.25) is 0 Å². The first kappa shape index (κ1) is 13.4. The van der Waals surface area contributed by atoms with Crippen molar-refractivity contribution in [2.45, 2.75) is 18.9 Å². The number of hydrogen-bond donors (Lipinski definition) is 1. The summed E-state index contributed by atoms with van der Waals surface area (Å²) in [5.41, 5.74) is 3.57. The third kappa shape index (κ3) is 2.67. The molecule has 2 aromatic rings. The molecule has 1 N–H and O–H groups in total. The van der Waals surface area contributed by atoms with Crippen LogP contribution in [0.5, 0.6) is 5.75 Å². The van der Waals surface area contributed by atoms with Crippen LogP contribution in [0.15, 0.2) is 42.5 Å². The lowest BCUT2D eigenvalue weighted by Crippen LogP contribution is -2.07. The van der Waals surface area contributed by atoms with Crippen LogP contribution >= 0.6 is 0 Å². The maximum absolute atomic E-state index is 10.7. The van der Waals surface area contributed by atoms with E-state index in [0.29, 0.717) is 0 Å². The molecule has 0 saturated heterocycles. The van der Waals surface area contributed by atoms with Gasteiger partial charge >= 0.3 is 0 Å². The first-order valence-electron chi connectivity index (χ1n) is 6.85. The summed E-state index contributed by atoms with van der Waals surface area (Å²) in [6, 6.07) is 12.9. The van der Waals surface area contributed by atoms with Crippen LogP contribution in [-0.4, -0.2) is 12.0 Å². The second-order valence-electron chi connectivity index (χ2n) is 5.10. The van der Waals surface area contributed by atoms with E-state index in [-0.39, 0.29) is 16.7 Å². The molecule has 0 radical (unpaired) electrons. The van der Waals surface area contributed by atoms with Gasteiger partial charge in [0.1, 0.15) is 5.75 Å². The normalized spacial score (nSPS) is 16.3. The third-order valence-corrected chi connectivity index (χ3v) is 3.85. The molecule has 1 atom stereocenters. The average Bonchev–Trinajstić information content (AvgIpc) is 2.90. The highest BCUT2D eigenvalue weighted by Crippen LogP contribution is 2.36. The molecule has 1 aliphatic rings. The zero-order valence-electron chi connectivity index (χ0n) is 11.7. The highest BCUT2D eigenvalue weighted by molar-refractivity contribution is 5.52. The Bertz CT molecular complexity index is 668. The molecule has 0 bridgehead atoms. The Kier molecular flexibility index (Phi) is 3.48. The molecule has 1 unspecified atom stereocenters. The summed E-state index contributed by atoms with van der Waals surface area (Å²) < 4.78 is 5.28. The van der Waals surface area contributed by atoms with Gasteiger partial charge in [0.05, 0.1) is 18.1 Å². The number of ether oxygens (including phenoxy) is 1. The van der Waals surface area contributed by atoms with Crippen molar-refractivity contribution >= 4 is 11.4 Å². The van der Waals surface area contributed by atoms with Gasteiger partial charge in [-0.25, -0.2) is 0 Å². The zero-order chi connectivity index (χ0) is 14.8. The molecule has 3 rings (SSSR count). The standard InChI is InChI=1S/C16H16N2O3/c1-21-14-8-2-11-3-9-16(15(11)10-14)17-12-4-6-13(7-5-12)18(19)20/h2,4-8,10,16-17H,3,9H2,1H3. The molecule has 0 amide bonds. The minimum Gasteiger partial charge on any atom is -0.497 e. The van der Waals surface area contributed by atoms with Crippen LogP contribution in [-0.2, 0) is 6.42 Å². The maximum atomic E-state index is 10.7. The van der Waals surface area contributed by atoms with E-state index < -0.39 is 0 Å². The molecule has 21 heavy (non-hydrogen) atoms. The number of fused-ring (bicyclic) bond motifs is 1. The van der Waals surface area contributed by atoms with Crippen LogP contribution in [0.3, 0.4) is 0 Å². The molecule has 1 aliphatic carbocycles. The number of nitrogens with zero attached hydrogens (tertiary/aromatic N) is 1. The second kappa shape index (κ2) is 5.44. The van der Waals surface area contributed by atoms with Crippen molar-refractivity contribution < 1.29 is 9.66 Å². The van der Waals surface area contributed by atoms with Gasteiger partial charge in [0.25, 0.3) is 5.69 Å². The Morgan fingerprint density at radius 3 is 2.67 bits per heavy atom. The van der Waals surface area contributed by atoms with E-state index in [4.69, 9.17) is 4.74 Å². The van der Waals surface area contributed by atoms with E-state index in [9.17, 15) is 10.1 Å². The number of benzene rings is 2. The fourth-order valence-corrected chi connectivity index (χ4v) is 2.74. The lowest BCUT2D eigenvalue weighted by atomic mass is 10.1. The van der Waals surface area contributed by atoms with Gasteiger partial charge in [-0.1, -0.05) is 6.07 Å². The molecule has 0 fully saturated rings. The molecule has 0 saturated carbocycles. The largest absolute Gasteiger partial charge is 0.497 e. The number of anilines is 1. The highest BCUT2D eigenvalue weighted by Gasteiger charge is 2.23. The van der Waals surface area contributed by atoms with Crippen molar-refractivity contribution in [2.75, 3.05) is 12.4 Å². The van der Waals surface area contributed by atoms with E-state index in [0.717, 1.165) is 24.3 Å². The summed E-state index contributed by atoms with van der Waals surface area (Å²) in [5, 5.41) is 14.1. The van der Waals surface area contributed by atoms with Crippen molar-refractivity contribution in [1.29, 1.82) is 0 Å². The van der Waals surface area contributed by atoms with E-state index in [1.165, 1.54) is 23.3 Å². The Labute approximate surface area is 122 Å². The van der Waals surface area contributed by atoms with Gasteiger partial charge < -0.3 is 10.1 Å². The summed E-state index contributed by atoms with van der Waals surface area (Å²) in [7, 11) is 1.66. The van der Waals surface area contributed by atoms with E-state index in [2.05, 4.69) is 17.4 Å². The maximum Gasteiger partial charge on any atom is 0.269 e. The van der Waals surface area contributed by atoms with Crippen LogP contribution in [0, 0.1) is 10.1 Å². The van der Waals surface area contributed by atoms with Crippen molar-refractivity contribution in [2.24, 2.45) is 0 Å². The van der Waals surface area contributed by atoms with E-state index >= 15 is 0 Å². The second-order valence-corrected chi connectivity index (χ2v) is 5.10. The number of nitro benzene ring substituents is 1. The summed E-state index contributed by atoms with van der Waals surface area (Å²) in [4.78, 5) is 10.3. The van der Waals surface area contributed by atoms with E-state index in [1.807, 2.05) is 6.07 Å². The van der Waals surface area contributed by atoms with Crippen LogP contribution in [0.25, 0.3) is 0 Å². The molecular weight excluding hydrogens is 268 g/mol. The number of methoxy groups -OCH3 is 1. The summed E-state index contributed by atoms with van der Waals surface area (Å²) in [6.45, 7) is 0. The van der Waals surface area contributed by atoms with Crippen LogP contribution < -0.4 is 10.1 Å². The Balaban J connectivity index is 1.80. The Morgan fingerprint density at radius 2 is 2.00 bits per heavy atom. The highest BCUT2D eigenvalue weighted by atomic mass is 16.6. The van der Waals surface area contributed by atoms with Gasteiger partial charge in [-0.3, -0.25) is 10.1 Å². The first-order valence-corrected chi connectivity index (χ1v) is 6.85. The fraction of sp³-hybridized carbons (Fsp3) is 0.250. The number of non-ortho nitro benzene ring substituents is 1. The van der Waals surface area contributed by atoms with Crippen molar-refractivity contribution in [3.8, 4) is 5.75 Å². The van der Waals surface area contributed by atoms with Crippen LogP contribution in [0.2, 0.25) is 0 Å². The Morgan fingerprint density at radius 1 is 1.24 bits per heavy atom. The topological polar surface area (TPSA) is 64.4 Å². The molecule has 5 heteroatoms. The molecule has 2 aromatic carbocycles. The average molecular weight is 284 g/mol. The number of nitro groups is 1.